The minimum atomic E-state index is -3.52. The molecule has 0 aliphatic rings. The Balaban J connectivity index is 1.87. The van der Waals surface area contributed by atoms with Crippen molar-refractivity contribution >= 4 is 21.2 Å². The van der Waals surface area contributed by atoms with Crippen LogP contribution >= 0.6 is 11.3 Å². The molecule has 7 heteroatoms. The van der Waals surface area contributed by atoms with Gasteiger partial charge in [-0.3, -0.25) is 0 Å². The first-order valence-corrected chi connectivity index (χ1v) is 9.16. The van der Waals surface area contributed by atoms with Crippen molar-refractivity contribution in [1.29, 1.82) is 5.26 Å². The van der Waals surface area contributed by atoms with Crippen molar-refractivity contribution in [3.8, 4) is 16.6 Å². The zero-order valence-electron chi connectivity index (χ0n) is 11.9. The molecular weight excluding hydrogens is 330 g/mol. The standard InChI is InChI=1S/C16H11N3O2S2/c17-10-12-6-8-14(9-7-12)15-18-19-16(22-15)23(20,21)11-13-4-2-1-3-5-13/h1-9H,11H2. The molecule has 0 bridgehead atoms. The summed E-state index contributed by atoms with van der Waals surface area (Å²) in [6.45, 7) is 0. The highest BCUT2D eigenvalue weighted by Gasteiger charge is 2.21. The van der Waals surface area contributed by atoms with Gasteiger partial charge >= 0.3 is 0 Å². The Morgan fingerprint density at radius 1 is 1.00 bits per heavy atom. The molecule has 23 heavy (non-hydrogen) atoms. The highest BCUT2D eigenvalue weighted by atomic mass is 32.2. The first-order valence-electron chi connectivity index (χ1n) is 6.69. The molecule has 0 aliphatic carbocycles. The molecule has 2 aromatic carbocycles. The van der Waals surface area contributed by atoms with Crippen LogP contribution in [0.25, 0.3) is 10.6 Å². The highest BCUT2D eigenvalue weighted by Crippen LogP contribution is 2.27. The Labute approximate surface area is 137 Å². The molecule has 3 rings (SSSR count). The minimum Gasteiger partial charge on any atom is -0.221 e. The van der Waals surface area contributed by atoms with Crippen molar-refractivity contribution in [2.75, 3.05) is 0 Å². The smallest absolute Gasteiger partial charge is 0.221 e. The van der Waals surface area contributed by atoms with E-state index in [-0.39, 0.29) is 10.1 Å². The Bertz CT molecular complexity index is 957. The van der Waals surface area contributed by atoms with Crippen molar-refractivity contribution in [3.63, 3.8) is 0 Å². The van der Waals surface area contributed by atoms with E-state index in [0.717, 1.165) is 16.9 Å². The summed E-state index contributed by atoms with van der Waals surface area (Å²) in [5, 5.41) is 17.1. The van der Waals surface area contributed by atoms with Gasteiger partial charge in [0, 0.05) is 5.56 Å². The minimum absolute atomic E-state index is 0.000660. The van der Waals surface area contributed by atoms with E-state index < -0.39 is 9.84 Å². The summed E-state index contributed by atoms with van der Waals surface area (Å²) in [6.07, 6.45) is 0. The Hall–Kier alpha value is -2.56. The summed E-state index contributed by atoms with van der Waals surface area (Å²) in [5.74, 6) is -0.101. The van der Waals surface area contributed by atoms with Crippen molar-refractivity contribution in [3.05, 3.63) is 65.7 Å². The Kier molecular flexibility index (Phi) is 4.19. The quantitative estimate of drug-likeness (QED) is 0.728. The zero-order chi connectivity index (χ0) is 16.3. The molecule has 1 heterocycles. The monoisotopic (exact) mass is 341 g/mol. The molecule has 0 unspecified atom stereocenters. The summed E-state index contributed by atoms with van der Waals surface area (Å²) >= 11 is 1.03. The second kappa shape index (κ2) is 6.28. The van der Waals surface area contributed by atoms with Gasteiger partial charge in [-0.2, -0.15) is 5.26 Å². The second-order valence-corrected chi connectivity index (χ2v) is 7.95. The van der Waals surface area contributed by atoms with Gasteiger partial charge in [0.1, 0.15) is 5.01 Å². The van der Waals surface area contributed by atoms with Crippen LogP contribution < -0.4 is 0 Å². The van der Waals surface area contributed by atoms with Gasteiger partial charge in [0.15, 0.2) is 0 Å². The third-order valence-electron chi connectivity index (χ3n) is 3.13. The molecule has 5 nitrogen and oxygen atoms in total. The van der Waals surface area contributed by atoms with Crippen LogP contribution in [0.5, 0.6) is 0 Å². The van der Waals surface area contributed by atoms with Crippen LogP contribution in [0.2, 0.25) is 0 Å². The predicted molar refractivity (Wildman–Crippen MR) is 87.4 cm³/mol. The third kappa shape index (κ3) is 3.44. The molecule has 114 valence electrons. The SMILES string of the molecule is N#Cc1ccc(-c2nnc(S(=O)(=O)Cc3ccccc3)s2)cc1. The Morgan fingerprint density at radius 3 is 2.35 bits per heavy atom. The molecule has 0 radical (unpaired) electrons. The molecule has 1 aromatic heterocycles. The fourth-order valence-corrected chi connectivity index (χ4v) is 4.42. The van der Waals surface area contributed by atoms with Gasteiger partial charge in [0.05, 0.1) is 17.4 Å². The number of benzene rings is 2. The molecule has 0 aliphatic heterocycles. The number of aromatic nitrogens is 2. The normalized spacial score (nSPS) is 11.1. The van der Waals surface area contributed by atoms with Crippen molar-refractivity contribution in [2.45, 2.75) is 10.1 Å². The summed E-state index contributed by atoms with van der Waals surface area (Å²) in [7, 11) is -3.52. The lowest BCUT2D eigenvalue weighted by atomic mass is 10.2. The molecule has 0 saturated carbocycles. The predicted octanol–water partition coefficient (Wildman–Crippen LogP) is 3.05. The maximum absolute atomic E-state index is 12.4. The molecule has 0 amide bonds. The average molecular weight is 341 g/mol. The Morgan fingerprint density at radius 2 is 1.70 bits per heavy atom. The molecule has 0 atom stereocenters. The second-order valence-electron chi connectivity index (χ2n) is 4.81. The van der Waals surface area contributed by atoms with Gasteiger partial charge in [-0.25, -0.2) is 8.42 Å². The van der Waals surface area contributed by atoms with E-state index in [1.165, 1.54) is 0 Å². The fourth-order valence-electron chi connectivity index (χ4n) is 1.99. The third-order valence-corrected chi connectivity index (χ3v) is 6.24. The van der Waals surface area contributed by atoms with Gasteiger partial charge in [-0.05, 0) is 17.7 Å². The number of nitriles is 1. The summed E-state index contributed by atoms with van der Waals surface area (Å²) in [6, 6.07) is 17.8. The van der Waals surface area contributed by atoms with Crippen LogP contribution in [0.1, 0.15) is 11.1 Å². The molecular formula is C16H11N3O2S2. The lowest BCUT2D eigenvalue weighted by molar-refractivity contribution is 0.593. The van der Waals surface area contributed by atoms with Gasteiger partial charge < -0.3 is 0 Å². The van der Waals surface area contributed by atoms with Gasteiger partial charge in [-0.15, -0.1) is 10.2 Å². The fraction of sp³-hybridized carbons (Fsp3) is 0.0625. The van der Waals surface area contributed by atoms with E-state index in [1.807, 2.05) is 12.1 Å². The molecule has 0 N–H and O–H groups in total. The topological polar surface area (TPSA) is 83.7 Å². The van der Waals surface area contributed by atoms with E-state index >= 15 is 0 Å². The van der Waals surface area contributed by atoms with E-state index in [0.29, 0.717) is 16.1 Å². The summed E-state index contributed by atoms with van der Waals surface area (Å²) in [5.41, 5.74) is 1.99. The number of sulfone groups is 1. The molecule has 0 fully saturated rings. The van der Waals surface area contributed by atoms with Gasteiger partial charge in [-0.1, -0.05) is 53.8 Å². The van der Waals surface area contributed by atoms with E-state index in [4.69, 9.17) is 5.26 Å². The van der Waals surface area contributed by atoms with Crippen LogP contribution in [0.4, 0.5) is 0 Å². The van der Waals surface area contributed by atoms with Crippen molar-refractivity contribution < 1.29 is 8.42 Å². The van der Waals surface area contributed by atoms with Crippen LogP contribution in [-0.4, -0.2) is 18.6 Å². The van der Waals surface area contributed by atoms with Crippen molar-refractivity contribution in [2.24, 2.45) is 0 Å². The zero-order valence-corrected chi connectivity index (χ0v) is 13.5. The van der Waals surface area contributed by atoms with Crippen LogP contribution in [0.3, 0.4) is 0 Å². The maximum atomic E-state index is 12.4. The number of hydrogen-bond acceptors (Lipinski definition) is 6. The average Bonchev–Trinajstić information content (AvgIpc) is 3.06. The van der Waals surface area contributed by atoms with Crippen LogP contribution in [0.15, 0.2) is 58.9 Å². The first-order chi connectivity index (χ1) is 11.1. The molecule has 3 aromatic rings. The van der Waals surface area contributed by atoms with E-state index in [9.17, 15) is 8.42 Å². The largest absolute Gasteiger partial charge is 0.233 e. The number of hydrogen-bond donors (Lipinski definition) is 0. The lowest BCUT2D eigenvalue weighted by Gasteiger charge is -1.99. The highest BCUT2D eigenvalue weighted by molar-refractivity contribution is 7.92. The molecule has 0 spiro atoms. The van der Waals surface area contributed by atoms with Crippen LogP contribution in [0, 0.1) is 11.3 Å². The summed E-state index contributed by atoms with van der Waals surface area (Å²) in [4.78, 5) is 0. The van der Waals surface area contributed by atoms with E-state index in [1.54, 1.807) is 48.5 Å². The summed E-state index contributed by atoms with van der Waals surface area (Å²) < 4.78 is 24.8. The first kappa shape index (κ1) is 15.3. The van der Waals surface area contributed by atoms with Crippen molar-refractivity contribution in [1.82, 2.24) is 10.2 Å². The molecule has 0 saturated heterocycles. The number of rotatable bonds is 4. The lowest BCUT2D eigenvalue weighted by Crippen LogP contribution is -2.04. The van der Waals surface area contributed by atoms with Gasteiger partial charge in [0.2, 0.25) is 14.2 Å². The maximum Gasteiger partial charge on any atom is 0.233 e. The van der Waals surface area contributed by atoms with Gasteiger partial charge in [0.25, 0.3) is 0 Å². The van der Waals surface area contributed by atoms with Crippen LogP contribution in [-0.2, 0) is 15.6 Å². The van der Waals surface area contributed by atoms with E-state index in [2.05, 4.69) is 10.2 Å². The number of nitrogens with zero attached hydrogens (tertiary/aromatic N) is 3.